The Balaban J connectivity index is 1.41. The Morgan fingerprint density at radius 2 is 1.89 bits per heavy atom. The number of hydrogen-bond donors (Lipinski definition) is 1. The molecule has 0 bridgehead atoms. The van der Waals surface area contributed by atoms with Gasteiger partial charge in [-0.05, 0) is 64.0 Å². The summed E-state index contributed by atoms with van der Waals surface area (Å²) >= 11 is 0. The molecule has 1 N–H and O–H groups in total. The zero-order valence-electron chi connectivity index (χ0n) is 15.7. The molecule has 1 aliphatic heterocycles. The molecule has 2 aromatic heterocycles. The second kappa shape index (κ2) is 7.20. The van der Waals surface area contributed by atoms with Crippen LogP contribution < -0.4 is 9.62 Å². The van der Waals surface area contributed by atoms with Gasteiger partial charge < -0.3 is 9.42 Å². The zero-order valence-corrected chi connectivity index (χ0v) is 16.5. The molecule has 4 rings (SSSR count). The van der Waals surface area contributed by atoms with Crippen molar-refractivity contribution >= 4 is 15.8 Å². The lowest BCUT2D eigenvalue weighted by Gasteiger charge is -2.33. The lowest BCUT2D eigenvalue weighted by Crippen LogP contribution is -2.45. The molecule has 1 fully saturated rings. The second-order valence-electron chi connectivity index (χ2n) is 7.42. The summed E-state index contributed by atoms with van der Waals surface area (Å²) in [5.74, 6) is 1.23. The van der Waals surface area contributed by atoms with Crippen LogP contribution in [0, 0.1) is 13.8 Å². The second-order valence-corrected chi connectivity index (χ2v) is 9.07. The van der Waals surface area contributed by atoms with E-state index in [-0.39, 0.29) is 10.9 Å². The molecule has 0 spiro atoms. The van der Waals surface area contributed by atoms with Gasteiger partial charge in [-0.15, -0.1) is 5.10 Å². The minimum Gasteiger partial charge on any atom is -0.360 e. The molecule has 2 aromatic rings. The normalized spacial score (nSPS) is 18.5. The Kier molecular flexibility index (Phi) is 4.90. The van der Waals surface area contributed by atoms with Crippen molar-refractivity contribution in [2.75, 3.05) is 18.0 Å². The highest BCUT2D eigenvalue weighted by atomic mass is 32.2. The minimum absolute atomic E-state index is 0.106. The van der Waals surface area contributed by atoms with Crippen LogP contribution in [0.25, 0.3) is 0 Å². The largest absolute Gasteiger partial charge is 0.360 e. The van der Waals surface area contributed by atoms with Crippen LogP contribution in [-0.4, -0.2) is 42.9 Å². The van der Waals surface area contributed by atoms with Crippen molar-refractivity contribution in [1.29, 1.82) is 0 Å². The Labute approximate surface area is 159 Å². The summed E-state index contributed by atoms with van der Waals surface area (Å²) in [6.45, 7) is 4.76. The molecular formula is C18H25N5O3S. The van der Waals surface area contributed by atoms with Gasteiger partial charge in [0.25, 0.3) is 0 Å². The third-order valence-corrected chi connectivity index (χ3v) is 7.20. The number of piperidine rings is 1. The average molecular weight is 391 g/mol. The van der Waals surface area contributed by atoms with E-state index in [1.54, 1.807) is 13.8 Å². The van der Waals surface area contributed by atoms with Gasteiger partial charge in [-0.3, -0.25) is 0 Å². The summed E-state index contributed by atoms with van der Waals surface area (Å²) in [6, 6.07) is 2.06. The quantitative estimate of drug-likeness (QED) is 0.849. The van der Waals surface area contributed by atoms with Crippen molar-refractivity contribution in [2.24, 2.45) is 0 Å². The van der Waals surface area contributed by atoms with Crippen LogP contribution in [0.1, 0.15) is 48.4 Å². The predicted molar refractivity (Wildman–Crippen MR) is 100 cm³/mol. The molecule has 146 valence electrons. The fourth-order valence-electron chi connectivity index (χ4n) is 4.00. The highest BCUT2D eigenvalue weighted by Gasteiger charge is 2.29. The van der Waals surface area contributed by atoms with Crippen LogP contribution >= 0.6 is 0 Å². The van der Waals surface area contributed by atoms with E-state index in [1.807, 2.05) is 0 Å². The molecule has 27 heavy (non-hydrogen) atoms. The first-order valence-electron chi connectivity index (χ1n) is 9.49. The Morgan fingerprint density at radius 3 is 2.59 bits per heavy atom. The summed E-state index contributed by atoms with van der Waals surface area (Å²) in [4.78, 5) is 2.35. The van der Waals surface area contributed by atoms with E-state index in [2.05, 4.69) is 31.0 Å². The molecule has 3 heterocycles. The standard InChI is InChI=1S/C18H25N5O3S/c1-12-18(13(2)26-21-12)27(24,25)22-15-7-9-23(10-8-15)17-11-14-5-3-4-6-16(14)19-20-17/h11,15,22H,3-10H2,1-2H3. The van der Waals surface area contributed by atoms with E-state index >= 15 is 0 Å². The summed E-state index contributed by atoms with van der Waals surface area (Å²) in [5.41, 5.74) is 2.83. The third kappa shape index (κ3) is 3.70. The number of aromatic nitrogens is 3. The zero-order chi connectivity index (χ0) is 19.0. The van der Waals surface area contributed by atoms with E-state index in [0.29, 0.717) is 11.5 Å². The average Bonchev–Trinajstić information content (AvgIpc) is 3.01. The molecule has 1 aliphatic carbocycles. The highest BCUT2D eigenvalue weighted by Crippen LogP contribution is 2.25. The first-order chi connectivity index (χ1) is 12.9. The van der Waals surface area contributed by atoms with Gasteiger partial charge in [0.05, 0.1) is 5.69 Å². The molecule has 0 atom stereocenters. The van der Waals surface area contributed by atoms with Gasteiger partial charge in [0, 0.05) is 19.1 Å². The van der Waals surface area contributed by atoms with Crippen molar-refractivity contribution in [3.63, 3.8) is 0 Å². The number of rotatable bonds is 4. The number of aryl methyl sites for hydroxylation is 4. The number of anilines is 1. The van der Waals surface area contributed by atoms with Crippen molar-refractivity contribution in [2.45, 2.75) is 63.3 Å². The van der Waals surface area contributed by atoms with Crippen molar-refractivity contribution < 1.29 is 12.9 Å². The van der Waals surface area contributed by atoms with E-state index in [9.17, 15) is 8.42 Å². The van der Waals surface area contributed by atoms with Gasteiger partial charge in [-0.25, -0.2) is 13.1 Å². The maximum Gasteiger partial charge on any atom is 0.246 e. The van der Waals surface area contributed by atoms with Crippen LogP contribution in [0.15, 0.2) is 15.5 Å². The summed E-state index contributed by atoms with van der Waals surface area (Å²) < 4.78 is 33.1. The van der Waals surface area contributed by atoms with Gasteiger partial charge in [0.1, 0.15) is 10.6 Å². The van der Waals surface area contributed by atoms with Gasteiger partial charge in [0.15, 0.2) is 11.6 Å². The summed E-state index contributed by atoms with van der Waals surface area (Å²) in [6.07, 6.45) is 5.95. The van der Waals surface area contributed by atoms with Crippen LogP contribution in [0.3, 0.4) is 0 Å². The topological polar surface area (TPSA) is 101 Å². The number of sulfonamides is 1. The minimum atomic E-state index is -3.62. The van der Waals surface area contributed by atoms with Gasteiger partial charge in [0.2, 0.25) is 10.0 Å². The molecule has 9 heteroatoms. The summed E-state index contributed by atoms with van der Waals surface area (Å²) in [7, 11) is -3.62. The number of nitrogens with one attached hydrogen (secondary N) is 1. The first-order valence-corrected chi connectivity index (χ1v) is 11.0. The van der Waals surface area contributed by atoms with E-state index in [0.717, 1.165) is 50.3 Å². The smallest absolute Gasteiger partial charge is 0.246 e. The molecule has 0 unspecified atom stereocenters. The van der Waals surface area contributed by atoms with Crippen LogP contribution in [0.4, 0.5) is 5.82 Å². The molecule has 1 saturated heterocycles. The van der Waals surface area contributed by atoms with E-state index in [1.165, 1.54) is 18.4 Å². The molecular weight excluding hydrogens is 366 g/mol. The maximum atomic E-state index is 12.7. The van der Waals surface area contributed by atoms with Crippen LogP contribution in [0.2, 0.25) is 0 Å². The maximum absolute atomic E-state index is 12.7. The lowest BCUT2D eigenvalue weighted by atomic mass is 9.96. The van der Waals surface area contributed by atoms with E-state index < -0.39 is 10.0 Å². The molecule has 2 aliphatic rings. The lowest BCUT2D eigenvalue weighted by molar-refractivity contribution is 0.390. The third-order valence-electron chi connectivity index (χ3n) is 5.43. The molecule has 0 saturated carbocycles. The Hall–Kier alpha value is -2.00. The van der Waals surface area contributed by atoms with Crippen LogP contribution in [-0.2, 0) is 22.9 Å². The summed E-state index contributed by atoms with van der Waals surface area (Å²) in [5, 5.41) is 12.5. The molecule has 0 aromatic carbocycles. The fourth-order valence-corrected chi connectivity index (χ4v) is 5.63. The highest BCUT2D eigenvalue weighted by molar-refractivity contribution is 7.89. The van der Waals surface area contributed by atoms with Gasteiger partial charge >= 0.3 is 0 Å². The molecule has 8 nitrogen and oxygen atoms in total. The van der Waals surface area contributed by atoms with Gasteiger partial charge in [-0.1, -0.05) is 5.16 Å². The van der Waals surface area contributed by atoms with Crippen molar-refractivity contribution in [1.82, 2.24) is 20.1 Å². The van der Waals surface area contributed by atoms with Crippen molar-refractivity contribution in [3.8, 4) is 0 Å². The molecule has 0 amide bonds. The van der Waals surface area contributed by atoms with Gasteiger partial charge in [-0.2, -0.15) is 5.10 Å². The monoisotopic (exact) mass is 391 g/mol. The first kappa shape index (κ1) is 18.4. The van der Waals surface area contributed by atoms with Crippen molar-refractivity contribution in [3.05, 3.63) is 28.8 Å². The molecule has 0 radical (unpaired) electrons. The predicted octanol–water partition coefficient (Wildman–Crippen LogP) is 1.91. The number of nitrogens with zero attached hydrogens (tertiary/aromatic N) is 4. The number of hydrogen-bond acceptors (Lipinski definition) is 7. The Bertz CT molecular complexity index is 913. The fraction of sp³-hybridized carbons (Fsp3) is 0.611. The number of fused-ring (bicyclic) bond motifs is 1. The van der Waals surface area contributed by atoms with E-state index in [4.69, 9.17) is 4.52 Å². The van der Waals surface area contributed by atoms with Crippen LogP contribution in [0.5, 0.6) is 0 Å². The SMILES string of the molecule is Cc1noc(C)c1S(=O)(=O)NC1CCN(c2cc3c(nn2)CCCC3)CC1. The Morgan fingerprint density at radius 1 is 1.15 bits per heavy atom.